The molecule has 0 saturated carbocycles. The van der Waals surface area contributed by atoms with Crippen LogP contribution in [0.2, 0.25) is 5.02 Å². The van der Waals surface area contributed by atoms with Gasteiger partial charge in [0.05, 0.1) is 6.54 Å². The number of likely N-dealkylation sites (tertiary alicyclic amines) is 1. The maximum absolute atomic E-state index is 5.86. The predicted octanol–water partition coefficient (Wildman–Crippen LogP) is 4.15. The third-order valence-electron chi connectivity index (χ3n) is 3.56. The summed E-state index contributed by atoms with van der Waals surface area (Å²) in [6, 6.07) is 8.12. The molecule has 0 N–H and O–H groups in total. The number of benzene rings is 1. The number of nitrogens with zero attached hydrogens (tertiary/aromatic N) is 1. The lowest BCUT2D eigenvalue weighted by Gasteiger charge is -2.23. The van der Waals surface area contributed by atoms with Crippen molar-refractivity contribution in [1.29, 1.82) is 0 Å². The van der Waals surface area contributed by atoms with E-state index in [4.69, 9.17) is 11.6 Å². The Morgan fingerprint density at radius 3 is 2.47 bits per heavy atom. The Balaban J connectivity index is 1.60. The molecule has 1 saturated heterocycles. The monoisotopic (exact) mass is 275 g/mol. The van der Waals surface area contributed by atoms with Gasteiger partial charge < -0.3 is 0 Å². The number of piperidine rings is 1. The molecule has 1 aromatic rings. The minimum absolute atomic E-state index is 0.810. The molecule has 1 heterocycles. The van der Waals surface area contributed by atoms with Gasteiger partial charge in [-0.1, -0.05) is 36.1 Å². The second-order valence-corrected chi connectivity index (χ2v) is 5.61. The first kappa shape index (κ1) is 14.4. The Morgan fingerprint density at radius 1 is 1.00 bits per heavy atom. The third kappa shape index (κ3) is 5.68. The minimum Gasteiger partial charge on any atom is -0.292 e. The summed E-state index contributed by atoms with van der Waals surface area (Å²) in [5.74, 6) is 6.60. The Hall–Kier alpha value is -0.970. The standard InChI is InChI=1S/C17H22ClN/c18-17-11-9-16(10-12-17)8-4-1-2-5-13-19-14-6-3-7-15-19/h9-12H,1,3-4,6-8,13-15H2. The van der Waals surface area contributed by atoms with Gasteiger partial charge in [0.2, 0.25) is 0 Å². The Labute approximate surface area is 122 Å². The van der Waals surface area contributed by atoms with Gasteiger partial charge in [-0.05, 0) is 56.5 Å². The van der Waals surface area contributed by atoms with E-state index in [9.17, 15) is 0 Å². The van der Waals surface area contributed by atoms with Crippen molar-refractivity contribution in [2.24, 2.45) is 0 Å². The largest absolute Gasteiger partial charge is 0.292 e. The number of aryl methyl sites for hydroxylation is 1. The van der Waals surface area contributed by atoms with Crippen LogP contribution in [-0.4, -0.2) is 24.5 Å². The van der Waals surface area contributed by atoms with E-state index < -0.39 is 0 Å². The second-order valence-electron chi connectivity index (χ2n) is 5.17. The number of rotatable bonds is 4. The topological polar surface area (TPSA) is 3.24 Å². The molecule has 2 rings (SSSR count). The summed E-state index contributed by atoms with van der Waals surface area (Å²) in [5, 5.41) is 0.810. The molecule has 0 aliphatic carbocycles. The zero-order valence-electron chi connectivity index (χ0n) is 11.5. The Kier molecular flexibility index (Phi) is 6.27. The summed E-state index contributed by atoms with van der Waals surface area (Å²) >= 11 is 5.86. The van der Waals surface area contributed by atoms with Crippen molar-refractivity contribution in [2.45, 2.75) is 38.5 Å². The molecular weight excluding hydrogens is 254 g/mol. The Morgan fingerprint density at radius 2 is 1.74 bits per heavy atom. The lowest BCUT2D eigenvalue weighted by molar-refractivity contribution is 0.255. The molecule has 0 bridgehead atoms. The van der Waals surface area contributed by atoms with Crippen LogP contribution in [0.1, 0.15) is 37.7 Å². The van der Waals surface area contributed by atoms with Gasteiger partial charge in [-0.3, -0.25) is 4.90 Å². The average molecular weight is 276 g/mol. The van der Waals surface area contributed by atoms with Crippen molar-refractivity contribution in [1.82, 2.24) is 4.90 Å². The van der Waals surface area contributed by atoms with Gasteiger partial charge in [-0.25, -0.2) is 0 Å². The zero-order chi connectivity index (χ0) is 13.3. The van der Waals surface area contributed by atoms with E-state index in [1.54, 1.807) is 0 Å². The number of hydrogen-bond acceptors (Lipinski definition) is 1. The molecule has 2 heteroatoms. The van der Waals surface area contributed by atoms with Crippen LogP contribution in [0.15, 0.2) is 24.3 Å². The predicted molar refractivity (Wildman–Crippen MR) is 82.5 cm³/mol. The fraction of sp³-hybridized carbons (Fsp3) is 0.529. The fourth-order valence-electron chi connectivity index (χ4n) is 2.41. The molecule has 0 spiro atoms. The van der Waals surface area contributed by atoms with Crippen LogP contribution in [0.5, 0.6) is 0 Å². The van der Waals surface area contributed by atoms with Crippen LogP contribution in [0.25, 0.3) is 0 Å². The Bertz CT molecular complexity index is 421. The van der Waals surface area contributed by atoms with Gasteiger partial charge in [0, 0.05) is 11.4 Å². The molecule has 1 aromatic carbocycles. The van der Waals surface area contributed by atoms with E-state index in [0.717, 1.165) is 30.8 Å². The zero-order valence-corrected chi connectivity index (χ0v) is 12.3. The molecule has 0 unspecified atom stereocenters. The maximum Gasteiger partial charge on any atom is 0.0601 e. The van der Waals surface area contributed by atoms with E-state index in [0.29, 0.717) is 0 Å². The molecule has 1 nitrogen and oxygen atoms in total. The average Bonchev–Trinajstić information content (AvgIpc) is 2.46. The minimum atomic E-state index is 0.810. The SMILES string of the molecule is Clc1ccc(CCCC#CCN2CCCCC2)cc1. The van der Waals surface area contributed by atoms with E-state index >= 15 is 0 Å². The van der Waals surface area contributed by atoms with E-state index in [1.807, 2.05) is 12.1 Å². The molecule has 0 atom stereocenters. The highest BCUT2D eigenvalue weighted by molar-refractivity contribution is 6.30. The van der Waals surface area contributed by atoms with Crippen molar-refractivity contribution in [3.8, 4) is 11.8 Å². The number of unbranched alkanes of at least 4 members (excludes halogenated alkanes) is 1. The lowest BCUT2D eigenvalue weighted by Crippen LogP contribution is -2.29. The normalized spacial score (nSPS) is 15.8. The summed E-state index contributed by atoms with van der Waals surface area (Å²) in [6.07, 6.45) is 7.31. The maximum atomic E-state index is 5.86. The summed E-state index contributed by atoms with van der Waals surface area (Å²) in [5.41, 5.74) is 1.35. The fourth-order valence-corrected chi connectivity index (χ4v) is 2.53. The van der Waals surface area contributed by atoms with Gasteiger partial charge >= 0.3 is 0 Å². The van der Waals surface area contributed by atoms with Crippen LogP contribution in [-0.2, 0) is 6.42 Å². The molecule has 0 aromatic heterocycles. The van der Waals surface area contributed by atoms with Crippen molar-refractivity contribution in [2.75, 3.05) is 19.6 Å². The first-order chi connectivity index (χ1) is 9.34. The van der Waals surface area contributed by atoms with Crippen molar-refractivity contribution >= 4 is 11.6 Å². The summed E-state index contributed by atoms with van der Waals surface area (Å²) in [6.45, 7) is 3.43. The van der Waals surface area contributed by atoms with Crippen LogP contribution < -0.4 is 0 Å². The summed E-state index contributed by atoms with van der Waals surface area (Å²) in [4.78, 5) is 2.47. The molecule has 1 aliphatic rings. The van der Waals surface area contributed by atoms with E-state index in [2.05, 4.69) is 28.9 Å². The van der Waals surface area contributed by atoms with Gasteiger partial charge in [0.25, 0.3) is 0 Å². The van der Waals surface area contributed by atoms with Crippen molar-refractivity contribution in [3.05, 3.63) is 34.9 Å². The van der Waals surface area contributed by atoms with Crippen molar-refractivity contribution in [3.63, 3.8) is 0 Å². The highest BCUT2D eigenvalue weighted by atomic mass is 35.5. The highest BCUT2D eigenvalue weighted by Gasteiger charge is 2.07. The lowest BCUT2D eigenvalue weighted by atomic mass is 10.1. The van der Waals surface area contributed by atoms with Gasteiger partial charge in [-0.2, -0.15) is 0 Å². The van der Waals surface area contributed by atoms with E-state index in [1.165, 1.54) is 37.9 Å². The quantitative estimate of drug-likeness (QED) is 0.589. The van der Waals surface area contributed by atoms with Crippen LogP contribution in [0, 0.1) is 11.8 Å². The number of halogens is 1. The molecular formula is C17H22ClN. The van der Waals surface area contributed by atoms with Crippen molar-refractivity contribution < 1.29 is 0 Å². The molecule has 19 heavy (non-hydrogen) atoms. The first-order valence-electron chi connectivity index (χ1n) is 7.27. The molecule has 1 aliphatic heterocycles. The van der Waals surface area contributed by atoms with Crippen LogP contribution in [0.3, 0.4) is 0 Å². The van der Waals surface area contributed by atoms with Crippen LogP contribution >= 0.6 is 11.6 Å². The molecule has 0 amide bonds. The van der Waals surface area contributed by atoms with Gasteiger partial charge in [0.15, 0.2) is 0 Å². The second kappa shape index (κ2) is 8.25. The van der Waals surface area contributed by atoms with Gasteiger partial charge in [0.1, 0.15) is 0 Å². The van der Waals surface area contributed by atoms with E-state index in [-0.39, 0.29) is 0 Å². The summed E-state index contributed by atoms with van der Waals surface area (Å²) < 4.78 is 0. The molecule has 102 valence electrons. The molecule has 0 radical (unpaired) electrons. The highest BCUT2D eigenvalue weighted by Crippen LogP contribution is 2.11. The molecule has 1 fully saturated rings. The number of hydrogen-bond donors (Lipinski definition) is 0. The summed E-state index contributed by atoms with van der Waals surface area (Å²) in [7, 11) is 0. The van der Waals surface area contributed by atoms with Gasteiger partial charge in [-0.15, -0.1) is 5.92 Å². The first-order valence-corrected chi connectivity index (χ1v) is 7.65. The third-order valence-corrected chi connectivity index (χ3v) is 3.81. The van der Waals surface area contributed by atoms with Crippen LogP contribution in [0.4, 0.5) is 0 Å². The smallest absolute Gasteiger partial charge is 0.0601 e.